The Labute approximate surface area is 321 Å². The molecule has 1 amide bonds. The number of ether oxygens (including phenoxy) is 1. The van der Waals surface area contributed by atoms with Crippen LogP contribution in [0.1, 0.15) is 63.3 Å². The molecule has 0 bridgehead atoms. The highest BCUT2D eigenvalue weighted by Gasteiger charge is 2.41. The number of sulfonamides is 1. The molecule has 6 rings (SSSR count). The van der Waals surface area contributed by atoms with Crippen LogP contribution in [0.2, 0.25) is 5.02 Å². The molecule has 1 aromatic heterocycles. The smallest absolute Gasteiger partial charge is 0.420 e. The third kappa shape index (κ3) is 8.42. The quantitative estimate of drug-likeness (QED) is 0.139. The van der Waals surface area contributed by atoms with Crippen molar-refractivity contribution in [3.63, 3.8) is 0 Å². The van der Waals surface area contributed by atoms with Gasteiger partial charge in [-0.2, -0.15) is 9.57 Å². The average Bonchev–Trinajstić information content (AvgIpc) is 3.51. The van der Waals surface area contributed by atoms with Crippen LogP contribution in [0.25, 0.3) is 10.9 Å². The highest BCUT2D eigenvalue weighted by atomic mass is 35.5. The maximum Gasteiger partial charge on any atom is 0.420 e. The topological polar surface area (TPSA) is 125 Å². The van der Waals surface area contributed by atoms with Crippen molar-refractivity contribution in [2.24, 2.45) is 10.9 Å². The van der Waals surface area contributed by atoms with Crippen molar-refractivity contribution in [2.45, 2.75) is 64.3 Å². The van der Waals surface area contributed by atoms with Gasteiger partial charge in [-0.3, -0.25) is 4.79 Å². The summed E-state index contributed by atoms with van der Waals surface area (Å²) in [7, 11) is -4.40. The van der Waals surface area contributed by atoms with Gasteiger partial charge in [0.15, 0.2) is 5.03 Å². The highest BCUT2D eigenvalue weighted by Crippen LogP contribution is 2.32. The van der Waals surface area contributed by atoms with Crippen molar-refractivity contribution in [1.82, 2.24) is 13.8 Å². The standard InChI is InChI=1S/C42H42ClN5O5S/c1-28(2)20-35-26-46(54(51,52)39-23-33-22-34(43)18-19-37(33)48(39)41(50)53-42(3,4)5)27-38(49)47(35)25-29-16-17-32(24-44)36(21-29)45-40(30-12-8-6-9-13-30)31-14-10-7-11-15-31/h6-19,21-23,28,35H,20,25-27H2,1-5H3/t35-/m1/s1. The fraction of sp³-hybridized carbons (Fsp3) is 0.286. The number of amides is 1. The number of aliphatic imine (C=N–C) groups is 1. The lowest BCUT2D eigenvalue weighted by Gasteiger charge is -2.41. The largest absolute Gasteiger partial charge is 0.443 e. The summed E-state index contributed by atoms with van der Waals surface area (Å²) in [4.78, 5) is 34.3. The highest BCUT2D eigenvalue weighted by molar-refractivity contribution is 7.89. The van der Waals surface area contributed by atoms with Crippen molar-refractivity contribution in [2.75, 3.05) is 13.1 Å². The molecule has 1 aliphatic heterocycles. The van der Waals surface area contributed by atoms with E-state index in [-0.39, 0.29) is 29.9 Å². The molecule has 0 aliphatic carbocycles. The van der Waals surface area contributed by atoms with Crippen molar-refractivity contribution >= 4 is 55.9 Å². The van der Waals surface area contributed by atoms with Crippen LogP contribution in [0.3, 0.4) is 0 Å². The lowest BCUT2D eigenvalue weighted by Crippen LogP contribution is -2.57. The summed E-state index contributed by atoms with van der Waals surface area (Å²) in [6.07, 6.45) is -0.334. The summed E-state index contributed by atoms with van der Waals surface area (Å²) in [5, 5.41) is 10.6. The minimum absolute atomic E-state index is 0.0102. The molecule has 4 aromatic carbocycles. The molecule has 1 fully saturated rings. The van der Waals surface area contributed by atoms with Gasteiger partial charge in [0.05, 0.1) is 29.0 Å². The number of carbonyl (C=O) groups is 2. The van der Waals surface area contributed by atoms with Crippen LogP contribution in [-0.2, 0) is 26.1 Å². The number of nitriles is 1. The molecule has 1 saturated heterocycles. The van der Waals surface area contributed by atoms with Crippen LogP contribution in [0.4, 0.5) is 10.5 Å². The zero-order valence-corrected chi connectivity index (χ0v) is 32.4. The van der Waals surface area contributed by atoms with E-state index in [1.54, 1.807) is 56.0 Å². The number of nitrogens with zero attached hydrogens (tertiary/aromatic N) is 5. The van der Waals surface area contributed by atoms with Gasteiger partial charge in [0, 0.05) is 40.7 Å². The molecule has 1 aliphatic rings. The molecule has 54 heavy (non-hydrogen) atoms. The van der Waals surface area contributed by atoms with Crippen LogP contribution < -0.4 is 0 Å². The molecule has 0 radical (unpaired) electrons. The molecule has 278 valence electrons. The van der Waals surface area contributed by atoms with Crippen LogP contribution in [0.5, 0.6) is 0 Å². The number of carbonyl (C=O) groups excluding carboxylic acids is 2. The molecular formula is C42H42ClN5O5S. The summed E-state index contributed by atoms with van der Waals surface area (Å²) < 4.78 is 36.8. The lowest BCUT2D eigenvalue weighted by atomic mass is 9.99. The van der Waals surface area contributed by atoms with Crippen molar-refractivity contribution in [3.8, 4) is 6.07 Å². The first-order chi connectivity index (χ1) is 25.6. The predicted molar refractivity (Wildman–Crippen MR) is 210 cm³/mol. The van der Waals surface area contributed by atoms with E-state index in [9.17, 15) is 23.3 Å². The Morgan fingerprint density at radius 2 is 1.61 bits per heavy atom. The predicted octanol–water partition coefficient (Wildman–Crippen LogP) is 8.57. The zero-order chi connectivity index (χ0) is 38.8. The van der Waals surface area contributed by atoms with E-state index in [0.29, 0.717) is 39.3 Å². The minimum atomic E-state index is -4.40. The van der Waals surface area contributed by atoms with Crippen molar-refractivity contribution in [3.05, 3.63) is 130 Å². The SMILES string of the molecule is CC(C)C[C@@H]1CN(S(=O)(=O)c2cc3cc(Cl)ccc3n2C(=O)OC(C)(C)C)CC(=O)N1Cc1ccc(C#N)c(N=C(c2ccccc2)c2ccccc2)c1. The zero-order valence-electron chi connectivity index (χ0n) is 30.9. The number of piperazine rings is 1. The Hall–Kier alpha value is -5.28. The summed E-state index contributed by atoms with van der Waals surface area (Å²) in [5.41, 5.74) is 3.47. The maximum absolute atomic E-state index is 14.5. The van der Waals surface area contributed by atoms with E-state index < -0.39 is 34.3 Å². The fourth-order valence-electron chi connectivity index (χ4n) is 6.64. The minimum Gasteiger partial charge on any atom is -0.443 e. The first kappa shape index (κ1) is 38.4. The average molecular weight is 764 g/mol. The van der Waals surface area contributed by atoms with Gasteiger partial charge in [-0.1, -0.05) is 92.2 Å². The Morgan fingerprint density at radius 3 is 2.20 bits per heavy atom. The molecule has 0 N–H and O–H groups in total. The molecule has 10 nitrogen and oxygen atoms in total. The Balaban J connectivity index is 1.35. The molecule has 5 aromatic rings. The van der Waals surface area contributed by atoms with Gasteiger partial charge in [-0.25, -0.2) is 22.8 Å². The molecule has 12 heteroatoms. The summed E-state index contributed by atoms with van der Waals surface area (Å²) >= 11 is 6.25. The van der Waals surface area contributed by atoms with Gasteiger partial charge in [-0.05, 0) is 75.1 Å². The number of fused-ring (bicyclic) bond motifs is 1. The first-order valence-corrected chi connectivity index (χ1v) is 19.5. The number of benzene rings is 4. The molecule has 0 unspecified atom stereocenters. The Morgan fingerprint density at radius 1 is 0.963 bits per heavy atom. The number of hydrogen-bond acceptors (Lipinski definition) is 7. The van der Waals surface area contributed by atoms with Crippen LogP contribution >= 0.6 is 11.6 Å². The third-order valence-electron chi connectivity index (χ3n) is 9.00. The Bertz CT molecular complexity index is 2340. The molecule has 2 heterocycles. The van der Waals surface area contributed by atoms with E-state index in [0.717, 1.165) is 25.6 Å². The second-order valence-corrected chi connectivity index (χ2v) is 17.1. The van der Waals surface area contributed by atoms with Gasteiger partial charge >= 0.3 is 6.09 Å². The second kappa shape index (κ2) is 15.6. The fourth-order valence-corrected chi connectivity index (χ4v) is 8.41. The summed E-state index contributed by atoms with van der Waals surface area (Å²) in [5.74, 6) is -0.258. The van der Waals surface area contributed by atoms with E-state index >= 15 is 0 Å². The van der Waals surface area contributed by atoms with E-state index in [4.69, 9.17) is 21.3 Å². The summed E-state index contributed by atoms with van der Waals surface area (Å²) in [6.45, 7) is 8.89. The normalized spacial score (nSPS) is 15.3. The van der Waals surface area contributed by atoms with E-state index in [1.807, 2.05) is 80.6 Å². The van der Waals surface area contributed by atoms with Crippen LogP contribution in [0.15, 0.2) is 113 Å². The van der Waals surface area contributed by atoms with Crippen molar-refractivity contribution in [1.29, 1.82) is 5.26 Å². The molecule has 0 saturated carbocycles. The first-order valence-electron chi connectivity index (χ1n) is 17.7. The van der Waals surface area contributed by atoms with Gasteiger partial charge < -0.3 is 9.64 Å². The molecule has 1 atom stereocenters. The van der Waals surface area contributed by atoms with Crippen LogP contribution in [-0.4, -0.2) is 64.6 Å². The third-order valence-corrected chi connectivity index (χ3v) is 11.0. The Kier molecular flexibility index (Phi) is 11.1. The van der Waals surface area contributed by atoms with Gasteiger partial charge in [0.2, 0.25) is 5.91 Å². The number of rotatable bonds is 9. The van der Waals surface area contributed by atoms with Gasteiger partial charge in [-0.15, -0.1) is 0 Å². The second-order valence-electron chi connectivity index (χ2n) is 14.8. The maximum atomic E-state index is 14.5. The van der Waals surface area contributed by atoms with E-state index in [1.165, 1.54) is 6.07 Å². The van der Waals surface area contributed by atoms with E-state index in [2.05, 4.69) is 6.07 Å². The van der Waals surface area contributed by atoms with Crippen LogP contribution in [0, 0.1) is 17.2 Å². The van der Waals surface area contributed by atoms with Gasteiger partial charge in [0.1, 0.15) is 11.7 Å². The molecule has 0 spiro atoms. The van der Waals surface area contributed by atoms with Gasteiger partial charge in [0.25, 0.3) is 10.0 Å². The van der Waals surface area contributed by atoms with Crippen molar-refractivity contribution < 1.29 is 22.7 Å². The number of aromatic nitrogens is 1. The molecular weight excluding hydrogens is 722 g/mol. The monoisotopic (exact) mass is 763 g/mol. The number of hydrogen-bond donors (Lipinski definition) is 0. The number of halogens is 1. The summed E-state index contributed by atoms with van der Waals surface area (Å²) in [6, 6.07) is 32.7. The lowest BCUT2D eigenvalue weighted by molar-refractivity contribution is -0.138.